The molecule has 0 aromatic heterocycles. The van der Waals surface area contributed by atoms with Crippen LogP contribution >= 0.6 is 24.0 Å². The van der Waals surface area contributed by atoms with Crippen molar-refractivity contribution in [3.8, 4) is 0 Å². The molecule has 0 saturated heterocycles. The second-order valence-electron chi connectivity index (χ2n) is 5.11. The van der Waals surface area contributed by atoms with Crippen molar-refractivity contribution in [1.82, 2.24) is 5.32 Å². The molecule has 5 heteroatoms. The number of rotatable bonds is 3. The molecule has 1 atom stereocenters. The smallest absolute Gasteiger partial charge is 0.240 e. The quantitative estimate of drug-likeness (QED) is 0.901. The summed E-state index contributed by atoms with van der Waals surface area (Å²) in [6.07, 6.45) is 3.65. The molecule has 2 rings (SSSR count). The van der Waals surface area contributed by atoms with Gasteiger partial charge in [-0.05, 0) is 37.5 Å². The standard InChI is InChI=1S/C14H19ClN2O.ClH/c1-10(11-4-6-12(15)7-5-11)17-13(18)14(16)8-2-3-9-14;/h4-7,10H,2-3,8-9,16H2,1H3,(H,17,18);1H. The van der Waals surface area contributed by atoms with Crippen LogP contribution in [0, 0.1) is 0 Å². The normalized spacial score (nSPS) is 18.5. The van der Waals surface area contributed by atoms with Crippen LogP contribution in [0.25, 0.3) is 0 Å². The summed E-state index contributed by atoms with van der Waals surface area (Å²) in [5.74, 6) is -0.0394. The molecule has 1 aliphatic carbocycles. The van der Waals surface area contributed by atoms with E-state index in [9.17, 15) is 4.79 Å². The third-order valence-electron chi connectivity index (χ3n) is 3.67. The van der Waals surface area contributed by atoms with Gasteiger partial charge in [-0.15, -0.1) is 12.4 Å². The highest BCUT2D eigenvalue weighted by Crippen LogP contribution is 2.28. The molecule has 0 spiro atoms. The predicted molar refractivity (Wildman–Crippen MR) is 80.6 cm³/mol. The first-order valence-electron chi connectivity index (χ1n) is 6.36. The van der Waals surface area contributed by atoms with Crippen LogP contribution in [0.15, 0.2) is 24.3 Å². The molecule has 1 unspecified atom stereocenters. The summed E-state index contributed by atoms with van der Waals surface area (Å²) in [7, 11) is 0. The Kier molecular flexibility index (Phi) is 5.65. The summed E-state index contributed by atoms with van der Waals surface area (Å²) in [6.45, 7) is 1.96. The maximum absolute atomic E-state index is 12.2. The van der Waals surface area contributed by atoms with Gasteiger partial charge in [-0.3, -0.25) is 4.79 Å². The number of hydrogen-bond donors (Lipinski definition) is 2. The van der Waals surface area contributed by atoms with Crippen LogP contribution in [-0.2, 0) is 4.79 Å². The van der Waals surface area contributed by atoms with E-state index in [0.717, 1.165) is 31.2 Å². The maximum Gasteiger partial charge on any atom is 0.240 e. The van der Waals surface area contributed by atoms with E-state index in [2.05, 4.69) is 5.32 Å². The zero-order valence-corrected chi connectivity index (χ0v) is 12.6. The number of hydrogen-bond acceptors (Lipinski definition) is 2. The minimum absolute atomic E-state index is 0. The van der Waals surface area contributed by atoms with Crippen LogP contribution in [0.4, 0.5) is 0 Å². The highest BCUT2D eigenvalue weighted by atomic mass is 35.5. The van der Waals surface area contributed by atoms with Crippen molar-refractivity contribution in [3.05, 3.63) is 34.9 Å². The molecule has 3 nitrogen and oxygen atoms in total. The van der Waals surface area contributed by atoms with E-state index in [-0.39, 0.29) is 24.4 Å². The third-order valence-corrected chi connectivity index (χ3v) is 3.92. The van der Waals surface area contributed by atoms with E-state index >= 15 is 0 Å². The molecular weight excluding hydrogens is 283 g/mol. The number of nitrogens with two attached hydrogens (primary N) is 1. The van der Waals surface area contributed by atoms with Crippen molar-refractivity contribution >= 4 is 29.9 Å². The summed E-state index contributed by atoms with van der Waals surface area (Å²) in [5.41, 5.74) is 6.49. The van der Waals surface area contributed by atoms with E-state index in [1.54, 1.807) is 0 Å². The first kappa shape index (κ1) is 16.3. The monoisotopic (exact) mass is 302 g/mol. The Bertz CT molecular complexity index is 428. The van der Waals surface area contributed by atoms with Gasteiger partial charge in [-0.25, -0.2) is 0 Å². The molecule has 3 N–H and O–H groups in total. The molecule has 1 aromatic carbocycles. The molecule has 0 aliphatic heterocycles. The molecule has 1 aliphatic rings. The number of nitrogens with one attached hydrogen (secondary N) is 1. The fourth-order valence-electron chi connectivity index (χ4n) is 2.41. The van der Waals surface area contributed by atoms with Crippen LogP contribution in [0.2, 0.25) is 5.02 Å². The Labute approximate surface area is 125 Å². The van der Waals surface area contributed by atoms with E-state index in [1.165, 1.54) is 0 Å². The van der Waals surface area contributed by atoms with E-state index in [0.29, 0.717) is 5.02 Å². The van der Waals surface area contributed by atoms with Gasteiger partial charge in [-0.2, -0.15) is 0 Å². The van der Waals surface area contributed by atoms with Crippen molar-refractivity contribution in [2.24, 2.45) is 5.73 Å². The van der Waals surface area contributed by atoms with Crippen molar-refractivity contribution < 1.29 is 4.79 Å². The topological polar surface area (TPSA) is 55.1 Å². The second-order valence-corrected chi connectivity index (χ2v) is 5.55. The Morgan fingerprint density at radius 2 is 1.84 bits per heavy atom. The van der Waals surface area contributed by atoms with Gasteiger partial charge in [0, 0.05) is 5.02 Å². The van der Waals surface area contributed by atoms with E-state index < -0.39 is 5.54 Å². The number of halogens is 2. The Morgan fingerprint density at radius 1 is 1.32 bits per heavy atom. The minimum Gasteiger partial charge on any atom is -0.348 e. The second kappa shape index (κ2) is 6.60. The number of carbonyl (C=O) groups is 1. The summed E-state index contributed by atoms with van der Waals surface area (Å²) in [6, 6.07) is 7.45. The van der Waals surface area contributed by atoms with Gasteiger partial charge in [-0.1, -0.05) is 36.6 Å². The van der Waals surface area contributed by atoms with E-state index in [1.807, 2.05) is 31.2 Å². The lowest BCUT2D eigenvalue weighted by atomic mass is 9.97. The lowest BCUT2D eigenvalue weighted by Crippen LogP contribution is -2.52. The van der Waals surface area contributed by atoms with Gasteiger partial charge in [0.25, 0.3) is 0 Å². The zero-order chi connectivity index (χ0) is 13.2. The molecule has 106 valence electrons. The molecule has 1 amide bonds. The Balaban J connectivity index is 0.00000180. The zero-order valence-electron chi connectivity index (χ0n) is 11.0. The SMILES string of the molecule is CC(NC(=O)C1(N)CCCC1)c1ccc(Cl)cc1.Cl. The first-order chi connectivity index (χ1) is 8.51. The first-order valence-corrected chi connectivity index (χ1v) is 6.74. The van der Waals surface area contributed by atoms with Crippen molar-refractivity contribution in [3.63, 3.8) is 0 Å². The summed E-state index contributed by atoms with van der Waals surface area (Å²) in [4.78, 5) is 12.2. The van der Waals surface area contributed by atoms with E-state index in [4.69, 9.17) is 17.3 Å². The maximum atomic E-state index is 12.2. The van der Waals surface area contributed by atoms with Gasteiger partial charge < -0.3 is 11.1 Å². The molecule has 19 heavy (non-hydrogen) atoms. The molecule has 1 fully saturated rings. The van der Waals surface area contributed by atoms with Crippen LogP contribution < -0.4 is 11.1 Å². The number of amides is 1. The lowest BCUT2D eigenvalue weighted by Gasteiger charge is -2.25. The summed E-state index contributed by atoms with van der Waals surface area (Å²) in [5, 5.41) is 3.69. The third kappa shape index (κ3) is 3.85. The van der Waals surface area contributed by atoms with Crippen LogP contribution in [0.3, 0.4) is 0 Å². The van der Waals surface area contributed by atoms with Crippen LogP contribution in [0.1, 0.15) is 44.2 Å². The number of benzene rings is 1. The van der Waals surface area contributed by atoms with Gasteiger partial charge >= 0.3 is 0 Å². The Morgan fingerprint density at radius 3 is 2.37 bits per heavy atom. The molecule has 1 aromatic rings. The number of carbonyl (C=O) groups excluding carboxylic acids is 1. The largest absolute Gasteiger partial charge is 0.348 e. The minimum atomic E-state index is -0.666. The molecule has 0 radical (unpaired) electrons. The van der Waals surface area contributed by atoms with Gasteiger partial charge in [0.05, 0.1) is 11.6 Å². The average Bonchev–Trinajstić information content (AvgIpc) is 2.78. The van der Waals surface area contributed by atoms with Gasteiger partial charge in [0.15, 0.2) is 0 Å². The van der Waals surface area contributed by atoms with Gasteiger partial charge in [0.1, 0.15) is 0 Å². The Hall–Kier alpha value is -0.770. The predicted octanol–water partition coefficient (Wildman–Crippen LogP) is 3.21. The van der Waals surface area contributed by atoms with Crippen molar-refractivity contribution in [1.29, 1.82) is 0 Å². The highest BCUT2D eigenvalue weighted by molar-refractivity contribution is 6.30. The average molecular weight is 303 g/mol. The highest BCUT2D eigenvalue weighted by Gasteiger charge is 2.37. The van der Waals surface area contributed by atoms with Crippen LogP contribution in [-0.4, -0.2) is 11.4 Å². The molecule has 1 saturated carbocycles. The fraction of sp³-hybridized carbons (Fsp3) is 0.500. The lowest BCUT2D eigenvalue weighted by molar-refractivity contribution is -0.126. The fourth-order valence-corrected chi connectivity index (χ4v) is 2.53. The van der Waals surface area contributed by atoms with Crippen molar-refractivity contribution in [2.45, 2.75) is 44.2 Å². The molecule has 0 bridgehead atoms. The molecule has 0 heterocycles. The summed E-state index contributed by atoms with van der Waals surface area (Å²) < 4.78 is 0. The van der Waals surface area contributed by atoms with Gasteiger partial charge in [0.2, 0.25) is 5.91 Å². The summed E-state index contributed by atoms with van der Waals surface area (Å²) >= 11 is 5.84. The van der Waals surface area contributed by atoms with Crippen molar-refractivity contribution in [2.75, 3.05) is 0 Å². The van der Waals surface area contributed by atoms with Crippen LogP contribution in [0.5, 0.6) is 0 Å². The molecular formula is C14H20Cl2N2O.